The molecule has 1 amide bonds. The molecule has 16 nitrogen and oxygen atoms in total. The summed E-state index contributed by atoms with van der Waals surface area (Å²) in [5.41, 5.74) is -0.242. The van der Waals surface area contributed by atoms with Crippen LogP contribution in [0.4, 0.5) is 13.2 Å². The number of esters is 4. The molecule has 3 aliphatic heterocycles. The molecule has 3 saturated heterocycles. The first-order valence-corrected chi connectivity index (χ1v) is 14.8. The molecule has 0 radical (unpaired) electrons. The average molecular weight is 700 g/mol. The first kappa shape index (κ1) is 39.1. The van der Waals surface area contributed by atoms with Gasteiger partial charge < -0.3 is 53.1 Å². The van der Waals surface area contributed by atoms with Crippen molar-refractivity contribution in [1.82, 2.24) is 5.32 Å². The van der Waals surface area contributed by atoms with Gasteiger partial charge in [0, 0.05) is 39.9 Å². The van der Waals surface area contributed by atoms with Crippen molar-refractivity contribution in [1.29, 1.82) is 0 Å². The summed E-state index contributed by atoms with van der Waals surface area (Å²) in [4.78, 5) is 60.8. The van der Waals surface area contributed by atoms with Crippen molar-refractivity contribution >= 4 is 29.8 Å². The van der Waals surface area contributed by atoms with Crippen molar-refractivity contribution in [3.05, 3.63) is 11.6 Å². The highest BCUT2D eigenvalue weighted by Crippen LogP contribution is 2.40. The SMILES string of the molecule is COC(=O)/C(=C\C[C@@H](O)[C@H]1O[C@@H](OC)[C@@H]2OC(C)(C)O[C@@H]21)C[C@H]1O[C@H](COC(C)=O)[C@@H](OC(C)=O)[C@H](OC(C)=O)[C@H]1NC(=O)C(F)(F)F. The van der Waals surface area contributed by atoms with Crippen molar-refractivity contribution in [3.63, 3.8) is 0 Å². The summed E-state index contributed by atoms with van der Waals surface area (Å²) in [5.74, 6) is -7.27. The van der Waals surface area contributed by atoms with Gasteiger partial charge in [0.05, 0.1) is 25.4 Å². The predicted octanol–water partition coefficient (Wildman–Crippen LogP) is 0.359. The highest BCUT2D eigenvalue weighted by molar-refractivity contribution is 5.88. The van der Waals surface area contributed by atoms with Gasteiger partial charge in [-0.2, -0.15) is 13.2 Å². The number of aliphatic hydroxyl groups excluding tert-OH is 1. The summed E-state index contributed by atoms with van der Waals surface area (Å²) in [6, 6.07) is -1.88. The van der Waals surface area contributed by atoms with E-state index in [-0.39, 0.29) is 12.0 Å². The largest absolute Gasteiger partial charge is 0.471 e. The molecule has 10 atom stereocenters. The topological polar surface area (TPSA) is 201 Å². The Kier molecular flexibility index (Phi) is 12.9. The monoisotopic (exact) mass is 699 g/mol. The van der Waals surface area contributed by atoms with Gasteiger partial charge in [-0.25, -0.2) is 4.79 Å². The van der Waals surface area contributed by atoms with Crippen molar-refractivity contribution in [2.45, 2.75) is 121 Å². The lowest BCUT2D eigenvalue weighted by Gasteiger charge is -2.45. The van der Waals surface area contributed by atoms with Gasteiger partial charge in [-0.1, -0.05) is 6.08 Å². The van der Waals surface area contributed by atoms with Crippen molar-refractivity contribution in [3.8, 4) is 0 Å². The van der Waals surface area contributed by atoms with E-state index >= 15 is 0 Å². The fourth-order valence-electron chi connectivity index (χ4n) is 5.68. The van der Waals surface area contributed by atoms with E-state index in [4.69, 9.17) is 42.6 Å². The quantitative estimate of drug-likeness (QED) is 0.161. The lowest BCUT2D eigenvalue weighted by atomic mass is 9.88. The molecule has 19 heteroatoms. The number of aliphatic hydroxyl groups is 1. The molecule has 0 bridgehead atoms. The Hall–Kier alpha value is -3.36. The van der Waals surface area contributed by atoms with Crippen LogP contribution in [0.25, 0.3) is 0 Å². The maximum atomic E-state index is 13.5. The molecule has 0 aromatic heterocycles. The molecule has 0 spiro atoms. The molecular weight excluding hydrogens is 659 g/mol. The molecular formula is C29H40F3NO15. The molecule has 272 valence electrons. The third kappa shape index (κ3) is 9.85. The third-order valence-corrected chi connectivity index (χ3v) is 7.54. The summed E-state index contributed by atoms with van der Waals surface area (Å²) in [6.45, 7) is 5.64. The minimum absolute atomic E-state index is 0.242. The van der Waals surface area contributed by atoms with E-state index in [2.05, 4.69) is 0 Å². The molecule has 3 heterocycles. The lowest BCUT2D eigenvalue weighted by molar-refractivity contribution is -0.236. The smallest absolute Gasteiger partial charge is 0.466 e. The highest BCUT2D eigenvalue weighted by atomic mass is 19.4. The summed E-state index contributed by atoms with van der Waals surface area (Å²) >= 11 is 0. The molecule has 0 aliphatic carbocycles. The molecule has 48 heavy (non-hydrogen) atoms. The highest BCUT2D eigenvalue weighted by Gasteiger charge is 2.57. The van der Waals surface area contributed by atoms with Gasteiger partial charge in [0.15, 0.2) is 24.3 Å². The van der Waals surface area contributed by atoms with Crippen LogP contribution < -0.4 is 5.32 Å². The second-order valence-electron chi connectivity index (χ2n) is 11.7. The Labute approximate surface area is 273 Å². The Balaban J connectivity index is 1.99. The van der Waals surface area contributed by atoms with Gasteiger partial charge in [-0.15, -0.1) is 0 Å². The van der Waals surface area contributed by atoms with Gasteiger partial charge in [-0.05, 0) is 20.3 Å². The van der Waals surface area contributed by atoms with Crippen LogP contribution in [0.2, 0.25) is 0 Å². The van der Waals surface area contributed by atoms with Crippen LogP contribution in [0.5, 0.6) is 0 Å². The summed E-state index contributed by atoms with van der Waals surface area (Å²) in [6.07, 6.45) is -16.3. The normalized spacial score (nSPS) is 32.1. The van der Waals surface area contributed by atoms with Crippen LogP contribution in [0, 0.1) is 0 Å². The number of hydrogen-bond acceptors (Lipinski definition) is 15. The van der Waals surface area contributed by atoms with E-state index in [1.807, 2.05) is 0 Å². The molecule has 3 rings (SSSR count). The fourth-order valence-corrected chi connectivity index (χ4v) is 5.68. The van der Waals surface area contributed by atoms with Gasteiger partial charge in [0.2, 0.25) is 0 Å². The molecule has 0 aromatic rings. The zero-order chi connectivity index (χ0) is 36.1. The Morgan fingerprint density at radius 3 is 2.06 bits per heavy atom. The first-order chi connectivity index (χ1) is 22.3. The Bertz CT molecular complexity index is 1240. The van der Waals surface area contributed by atoms with E-state index in [1.165, 1.54) is 13.2 Å². The van der Waals surface area contributed by atoms with Crippen molar-refractivity contribution in [2.75, 3.05) is 20.8 Å². The van der Waals surface area contributed by atoms with Gasteiger partial charge >= 0.3 is 36.0 Å². The van der Waals surface area contributed by atoms with Crippen LogP contribution in [0.1, 0.15) is 47.5 Å². The number of fused-ring (bicyclic) bond motifs is 1. The minimum atomic E-state index is -5.41. The maximum absolute atomic E-state index is 13.5. The number of rotatable bonds is 12. The standard InChI is InChI=1S/C29H40F3NO15/c1-12(34)42-11-18-21(43-13(2)35)22(44-14(3)36)19(33-27(39)29(30,31)32)17(45-18)10-15(25(38)40-6)8-9-16(37)20-23-24(26(41-7)46-20)48-28(4,5)47-23/h8,16-24,26,37H,9-11H2,1-7H3,(H,33,39)/b15-8-/t16-,17-,18-,19+,20-,21-,22-,23-,24-,26-/m1/s1. The number of nitrogens with one attached hydrogen (secondary N) is 1. The maximum Gasteiger partial charge on any atom is 0.471 e. The summed E-state index contributed by atoms with van der Waals surface area (Å²) in [7, 11) is 2.40. The zero-order valence-corrected chi connectivity index (χ0v) is 27.3. The number of alkyl halides is 3. The van der Waals surface area contributed by atoms with Crippen LogP contribution in [0.3, 0.4) is 0 Å². The number of hydrogen-bond donors (Lipinski definition) is 2. The van der Waals surface area contributed by atoms with E-state index in [0.29, 0.717) is 0 Å². The average Bonchev–Trinajstić information content (AvgIpc) is 3.47. The molecule has 2 N–H and O–H groups in total. The third-order valence-electron chi connectivity index (χ3n) is 7.54. The molecule has 0 aromatic carbocycles. The second-order valence-corrected chi connectivity index (χ2v) is 11.7. The van der Waals surface area contributed by atoms with E-state index in [1.54, 1.807) is 19.2 Å². The first-order valence-electron chi connectivity index (χ1n) is 14.8. The zero-order valence-electron chi connectivity index (χ0n) is 27.3. The van der Waals surface area contributed by atoms with Crippen LogP contribution >= 0.6 is 0 Å². The molecule has 0 unspecified atom stereocenters. The van der Waals surface area contributed by atoms with E-state index < -0.39 is 116 Å². The number of ether oxygens (including phenoxy) is 9. The van der Waals surface area contributed by atoms with Crippen LogP contribution in [0.15, 0.2) is 11.6 Å². The summed E-state index contributed by atoms with van der Waals surface area (Å²) in [5, 5.41) is 12.8. The second kappa shape index (κ2) is 15.9. The number of carbonyl (C=O) groups is 5. The number of methoxy groups -OCH3 is 2. The van der Waals surface area contributed by atoms with Crippen LogP contribution in [-0.4, -0.2) is 129 Å². The van der Waals surface area contributed by atoms with Crippen molar-refractivity contribution < 1.29 is 84.9 Å². The number of carbonyl (C=O) groups excluding carboxylic acids is 5. The van der Waals surface area contributed by atoms with Gasteiger partial charge in [0.1, 0.15) is 31.0 Å². The molecule has 3 aliphatic rings. The Morgan fingerprint density at radius 1 is 0.917 bits per heavy atom. The Morgan fingerprint density at radius 2 is 1.52 bits per heavy atom. The van der Waals surface area contributed by atoms with Crippen LogP contribution in [-0.2, 0) is 66.6 Å². The van der Waals surface area contributed by atoms with E-state index in [9.17, 15) is 42.3 Å². The fraction of sp³-hybridized carbons (Fsp3) is 0.759. The van der Waals surface area contributed by atoms with Gasteiger partial charge in [0.25, 0.3) is 0 Å². The molecule has 3 fully saturated rings. The molecule has 0 saturated carbocycles. The van der Waals surface area contributed by atoms with Gasteiger partial charge in [-0.3, -0.25) is 19.2 Å². The van der Waals surface area contributed by atoms with Crippen molar-refractivity contribution in [2.24, 2.45) is 0 Å². The lowest BCUT2D eigenvalue weighted by Crippen LogP contribution is -2.67. The minimum Gasteiger partial charge on any atom is -0.466 e. The van der Waals surface area contributed by atoms with E-state index in [0.717, 1.165) is 27.9 Å². The number of halogens is 3. The predicted molar refractivity (Wildman–Crippen MR) is 149 cm³/mol. The number of amides is 1. The summed E-state index contributed by atoms with van der Waals surface area (Å²) < 4.78 is 89.4.